The first-order chi connectivity index (χ1) is 11.7. The van der Waals surface area contributed by atoms with Crippen LogP contribution in [-0.4, -0.2) is 56.2 Å². The van der Waals surface area contributed by atoms with E-state index in [0.717, 1.165) is 44.7 Å². The Balaban J connectivity index is 1.57. The number of carbonyl (C=O) groups is 1. The van der Waals surface area contributed by atoms with Crippen molar-refractivity contribution in [2.45, 2.75) is 25.8 Å². The summed E-state index contributed by atoms with van der Waals surface area (Å²) >= 11 is 0. The third-order valence-electron chi connectivity index (χ3n) is 4.15. The molecule has 2 rings (SSSR count). The van der Waals surface area contributed by atoms with Crippen molar-refractivity contribution in [2.24, 2.45) is 0 Å². The van der Waals surface area contributed by atoms with Crippen LogP contribution in [0, 0.1) is 11.3 Å². The van der Waals surface area contributed by atoms with Gasteiger partial charge in [0, 0.05) is 37.9 Å². The molecule has 0 radical (unpaired) electrons. The predicted octanol–water partition coefficient (Wildman–Crippen LogP) is 1.59. The first kappa shape index (κ1) is 18.2. The highest BCUT2D eigenvalue weighted by Gasteiger charge is 2.20. The summed E-state index contributed by atoms with van der Waals surface area (Å²) in [7, 11) is 0. The van der Waals surface area contributed by atoms with Crippen LogP contribution in [-0.2, 0) is 9.53 Å². The Kier molecular flexibility index (Phi) is 7.53. The molecule has 0 amide bonds. The molecule has 6 heteroatoms. The number of ether oxygens (including phenoxy) is 1. The number of carbonyl (C=O) groups excluding carboxylic acids is 1. The highest BCUT2D eigenvalue weighted by molar-refractivity contribution is 5.71. The summed E-state index contributed by atoms with van der Waals surface area (Å²) in [5, 5.41) is 15.7. The van der Waals surface area contributed by atoms with Crippen LogP contribution in [0.4, 0.5) is 5.69 Å². The average Bonchev–Trinajstić information content (AvgIpc) is 2.61. The Morgan fingerprint density at radius 2 is 2.00 bits per heavy atom. The Morgan fingerprint density at radius 3 is 2.62 bits per heavy atom. The van der Waals surface area contributed by atoms with Gasteiger partial charge in [-0.2, -0.15) is 5.26 Å². The van der Waals surface area contributed by atoms with Crippen molar-refractivity contribution < 1.29 is 9.53 Å². The molecule has 1 heterocycles. The van der Waals surface area contributed by atoms with Crippen molar-refractivity contribution in [2.75, 3.05) is 44.6 Å². The SMILES string of the molecule is CCOC(=O)CN1CCC(NCCNc2ccc(C#N)cc2)CC1. The lowest BCUT2D eigenvalue weighted by atomic mass is 10.1. The molecule has 24 heavy (non-hydrogen) atoms. The Morgan fingerprint density at radius 1 is 1.29 bits per heavy atom. The van der Waals surface area contributed by atoms with E-state index in [0.29, 0.717) is 24.8 Å². The summed E-state index contributed by atoms with van der Waals surface area (Å²) in [5.41, 5.74) is 1.70. The number of hydrogen-bond donors (Lipinski definition) is 2. The van der Waals surface area contributed by atoms with E-state index in [1.165, 1.54) is 0 Å². The van der Waals surface area contributed by atoms with E-state index >= 15 is 0 Å². The number of piperidine rings is 1. The van der Waals surface area contributed by atoms with Gasteiger partial charge in [0.25, 0.3) is 0 Å². The van der Waals surface area contributed by atoms with Crippen molar-refractivity contribution in [3.05, 3.63) is 29.8 Å². The first-order valence-electron chi connectivity index (χ1n) is 8.56. The van der Waals surface area contributed by atoms with Gasteiger partial charge in [-0.25, -0.2) is 0 Å². The van der Waals surface area contributed by atoms with Crippen molar-refractivity contribution in [3.8, 4) is 6.07 Å². The molecule has 0 bridgehead atoms. The van der Waals surface area contributed by atoms with Gasteiger partial charge in [0.15, 0.2) is 0 Å². The van der Waals surface area contributed by atoms with Gasteiger partial charge < -0.3 is 15.4 Å². The number of nitrogens with one attached hydrogen (secondary N) is 2. The smallest absolute Gasteiger partial charge is 0.320 e. The highest BCUT2D eigenvalue weighted by atomic mass is 16.5. The minimum Gasteiger partial charge on any atom is -0.465 e. The van der Waals surface area contributed by atoms with Crippen LogP contribution in [0.15, 0.2) is 24.3 Å². The van der Waals surface area contributed by atoms with Gasteiger partial charge in [-0.1, -0.05) is 0 Å². The number of esters is 1. The summed E-state index contributed by atoms with van der Waals surface area (Å²) in [6, 6.07) is 10.1. The van der Waals surface area contributed by atoms with Crippen molar-refractivity contribution in [1.29, 1.82) is 5.26 Å². The lowest BCUT2D eigenvalue weighted by Crippen LogP contribution is -2.45. The summed E-state index contributed by atoms with van der Waals surface area (Å²) in [6.07, 6.45) is 2.10. The average molecular weight is 330 g/mol. The standard InChI is InChI=1S/C18H26N4O2/c1-2-24-18(23)14-22-11-7-17(8-12-22)21-10-9-20-16-5-3-15(13-19)4-6-16/h3-6,17,20-21H,2,7-12,14H2,1H3. The topological polar surface area (TPSA) is 77.4 Å². The lowest BCUT2D eigenvalue weighted by molar-refractivity contribution is -0.144. The summed E-state index contributed by atoms with van der Waals surface area (Å²) < 4.78 is 4.99. The van der Waals surface area contributed by atoms with E-state index in [2.05, 4.69) is 21.6 Å². The molecule has 1 fully saturated rings. The molecule has 1 aromatic carbocycles. The Labute approximate surface area is 143 Å². The normalized spacial score (nSPS) is 15.7. The molecule has 0 atom stereocenters. The maximum atomic E-state index is 11.5. The van der Waals surface area contributed by atoms with E-state index in [-0.39, 0.29) is 5.97 Å². The summed E-state index contributed by atoms with van der Waals surface area (Å²) in [6.45, 7) is 6.28. The van der Waals surface area contributed by atoms with Crippen LogP contribution in [0.25, 0.3) is 0 Å². The second kappa shape index (κ2) is 9.91. The van der Waals surface area contributed by atoms with E-state index in [1.807, 2.05) is 31.2 Å². The molecule has 1 aliphatic rings. The predicted molar refractivity (Wildman–Crippen MR) is 93.7 cm³/mol. The fraction of sp³-hybridized carbons (Fsp3) is 0.556. The van der Waals surface area contributed by atoms with Crippen molar-refractivity contribution in [1.82, 2.24) is 10.2 Å². The zero-order valence-electron chi connectivity index (χ0n) is 14.3. The zero-order valence-corrected chi connectivity index (χ0v) is 14.3. The molecule has 0 unspecified atom stereocenters. The largest absolute Gasteiger partial charge is 0.465 e. The van der Waals surface area contributed by atoms with E-state index in [9.17, 15) is 4.79 Å². The molecular formula is C18H26N4O2. The molecule has 6 nitrogen and oxygen atoms in total. The molecule has 1 saturated heterocycles. The molecule has 0 aliphatic carbocycles. The third kappa shape index (κ3) is 6.19. The fourth-order valence-electron chi connectivity index (χ4n) is 2.83. The van der Waals surface area contributed by atoms with Crippen LogP contribution in [0.3, 0.4) is 0 Å². The maximum Gasteiger partial charge on any atom is 0.320 e. The first-order valence-corrected chi connectivity index (χ1v) is 8.56. The van der Waals surface area contributed by atoms with Crippen LogP contribution >= 0.6 is 0 Å². The van der Waals surface area contributed by atoms with Crippen molar-refractivity contribution >= 4 is 11.7 Å². The van der Waals surface area contributed by atoms with Gasteiger partial charge >= 0.3 is 5.97 Å². The minimum absolute atomic E-state index is 0.129. The van der Waals surface area contributed by atoms with E-state index in [4.69, 9.17) is 10.00 Å². The van der Waals surface area contributed by atoms with Crippen LogP contribution in [0.2, 0.25) is 0 Å². The molecule has 0 aromatic heterocycles. The Hall–Kier alpha value is -2.10. The molecule has 2 N–H and O–H groups in total. The number of rotatable bonds is 8. The minimum atomic E-state index is -0.129. The summed E-state index contributed by atoms with van der Waals surface area (Å²) in [4.78, 5) is 13.6. The number of hydrogen-bond acceptors (Lipinski definition) is 6. The van der Waals surface area contributed by atoms with E-state index < -0.39 is 0 Å². The maximum absolute atomic E-state index is 11.5. The molecule has 1 aliphatic heterocycles. The third-order valence-corrected chi connectivity index (χ3v) is 4.15. The quantitative estimate of drug-likeness (QED) is 0.557. The van der Waals surface area contributed by atoms with Gasteiger partial charge in [0.1, 0.15) is 0 Å². The number of anilines is 1. The lowest BCUT2D eigenvalue weighted by Gasteiger charge is -2.31. The number of benzene rings is 1. The second-order valence-electron chi connectivity index (χ2n) is 5.93. The molecule has 130 valence electrons. The van der Waals surface area contributed by atoms with Gasteiger partial charge in [-0.15, -0.1) is 0 Å². The summed E-state index contributed by atoms with van der Waals surface area (Å²) in [5.74, 6) is -0.129. The molecular weight excluding hydrogens is 304 g/mol. The molecule has 0 spiro atoms. The van der Waals surface area contributed by atoms with Gasteiger partial charge in [-0.3, -0.25) is 9.69 Å². The zero-order chi connectivity index (χ0) is 17.2. The molecule has 0 saturated carbocycles. The number of nitrogens with zero attached hydrogens (tertiary/aromatic N) is 2. The van der Waals surface area contributed by atoms with Crippen LogP contribution in [0.5, 0.6) is 0 Å². The van der Waals surface area contributed by atoms with Gasteiger partial charge in [-0.05, 0) is 44.0 Å². The Bertz CT molecular complexity index is 545. The monoisotopic (exact) mass is 330 g/mol. The van der Waals surface area contributed by atoms with Gasteiger partial charge in [0.05, 0.1) is 24.8 Å². The van der Waals surface area contributed by atoms with Gasteiger partial charge in [0.2, 0.25) is 0 Å². The molecule has 1 aromatic rings. The highest BCUT2D eigenvalue weighted by Crippen LogP contribution is 2.10. The van der Waals surface area contributed by atoms with Crippen molar-refractivity contribution in [3.63, 3.8) is 0 Å². The van der Waals surface area contributed by atoms with Crippen LogP contribution < -0.4 is 10.6 Å². The second-order valence-corrected chi connectivity index (χ2v) is 5.93. The fourth-order valence-corrected chi connectivity index (χ4v) is 2.83. The number of likely N-dealkylation sites (tertiary alicyclic amines) is 1. The van der Waals surface area contributed by atoms with Crippen LogP contribution in [0.1, 0.15) is 25.3 Å². The number of nitriles is 1. The van der Waals surface area contributed by atoms with E-state index in [1.54, 1.807) is 0 Å².